The highest BCUT2D eigenvalue weighted by atomic mass is 32.2. The summed E-state index contributed by atoms with van der Waals surface area (Å²) >= 11 is 0. The Bertz CT molecular complexity index is 1090. The second-order valence-corrected chi connectivity index (χ2v) is 9.81. The smallest absolute Gasteiger partial charge is 0.262 e. The highest BCUT2D eigenvalue weighted by molar-refractivity contribution is 7.92. The molecular weight excluding hydrogens is 420 g/mol. The number of nitrogens with one attached hydrogen (secondary N) is 2. The first-order valence-electron chi connectivity index (χ1n) is 8.65. The third-order valence-corrected chi connectivity index (χ3v) is 7.12. The highest BCUT2D eigenvalue weighted by Crippen LogP contribution is 2.32. The van der Waals surface area contributed by atoms with Gasteiger partial charge in [-0.1, -0.05) is 0 Å². The van der Waals surface area contributed by atoms with Gasteiger partial charge in [0.1, 0.15) is 17.2 Å². The van der Waals surface area contributed by atoms with E-state index in [2.05, 4.69) is 9.44 Å². The van der Waals surface area contributed by atoms with Gasteiger partial charge < -0.3 is 14.2 Å². The van der Waals surface area contributed by atoms with Gasteiger partial charge in [-0.2, -0.15) is 0 Å². The van der Waals surface area contributed by atoms with Gasteiger partial charge in [-0.05, 0) is 31.0 Å². The summed E-state index contributed by atoms with van der Waals surface area (Å²) in [6, 6.07) is 8.08. The summed E-state index contributed by atoms with van der Waals surface area (Å²) in [5.74, 6) is 0.761. The minimum absolute atomic E-state index is 0.00652. The maximum absolute atomic E-state index is 12.9. The van der Waals surface area contributed by atoms with E-state index in [-0.39, 0.29) is 27.3 Å². The van der Waals surface area contributed by atoms with Crippen LogP contribution in [0.2, 0.25) is 0 Å². The first-order valence-corrected chi connectivity index (χ1v) is 11.6. The Hall–Kier alpha value is -2.50. The van der Waals surface area contributed by atoms with Gasteiger partial charge in [0.05, 0.1) is 36.8 Å². The predicted molar refractivity (Wildman–Crippen MR) is 107 cm³/mol. The van der Waals surface area contributed by atoms with E-state index in [1.165, 1.54) is 57.7 Å². The molecule has 0 heterocycles. The molecule has 0 saturated heterocycles. The molecular formula is C18H22N2O7S2. The Morgan fingerprint density at radius 3 is 1.93 bits per heavy atom. The largest absolute Gasteiger partial charge is 0.497 e. The van der Waals surface area contributed by atoms with Crippen molar-refractivity contribution in [3.05, 3.63) is 36.4 Å². The van der Waals surface area contributed by atoms with Crippen LogP contribution in [0.25, 0.3) is 0 Å². The monoisotopic (exact) mass is 442 g/mol. The average molecular weight is 443 g/mol. The van der Waals surface area contributed by atoms with Crippen molar-refractivity contribution >= 4 is 25.7 Å². The Labute approximate surface area is 170 Å². The molecule has 0 radical (unpaired) electrons. The highest BCUT2D eigenvalue weighted by Gasteiger charge is 2.29. The lowest BCUT2D eigenvalue weighted by molar-refractivity contribution is 0.392. The maximum Gasteiger partial charge on any atom is 0.262 e. The second-order valence-electron chi connectivity index (χ2n) is 6.41. The molecule has 2 aromatic carbocycles. The first kappa shape index (κ1) is 21.2. The number of hydrogen-bond acceptors (Lipinski definition) is 7. The second kappa shape index (κ2) is 8.09. The normalized spacial score (nSPS) is 14.3. The summed E-state index contributed by atoms with van der Waals surface area (Å²) in [4.78, 5) is -0.175. The molecule has 2 aromatic rings. The fourth-order valence-electron chi connectivity index (χ4n) is 2.56. The molecule has 0 unspecified atom stereocenters. The minimum atomic E-state index is -4.09. The SMILES string of the molecule is COc1cc(OC)cc(S(=O)(=O)Nc2cc(S(=O)(=O)NC3CC3)ccc2OC)c1. The Balaban J connectivity index is 1.98. The van der Waals surface area contributed by atoms with Crippen LogP contribution in [-0.2, 0) is 20.0 Å². The zero-order chi connectivity index (χ0) is 21.2. The molecule has 2 N–H and O–H groups in total. The zero-order valence-corrected chi connectivity index (χ0v) is 17.8. The molecule has 0 amide bonds. The summed E-state index contributed by atoms with van der Waals surface area (Å²) in [7, 11) is -3.69. The van der Waals surface area contributed by atoms with Gasteiger partial charge in [-0.25, -0.2) is 21.6 Å². The Kier molecular flexibility index (Phi) is 5.92. The number of methoxy groups -OCH3 is 3. The van der Waals surface area contributed by atoms with E-state index in [1.807, 2.05) is 0 Å². The van der Waals surface area contributed by atoms with Crippen LogP contribution in [0.1, 0.15) is 12.8 Å². The van der Waals surface area contributed by atoms with E-state index in [9.17, 15) is 16.8 Å². The fourth-order valence-corrected chi connectivity index (χ4v) is 5.00. The summed E-state index contributed by atoms with van der Waals surface area (Å²) in [6.07, 6.45) is 1.57. The number of hydrogen-bond donors (Lipinski definition) is 2. The van der Waals surface area contributed by atoms with Crippen LogP contribution >= 0.6 is 0 Å². The predicted octanol–water partition coefficient (Wildman–Crippen LogP) is 1.95. The molecule has 9 nitrogen and oxygen atoms in total. The third kappa shape index (κ3) is 4.92. The molecule has 3 rings (SSSR count). The summed E-state index contributed by atoms with van der Waals surface area (Å²) in [6.45, 7) is 0. The van der Waals surface area contributed by atoms with Crippen LogP contribution in [0, 0.1) is 0 Å². The molecule has 0 aromatic heterocycles. The number of rotatable bonds is 9. The first-order chi connectivity index (χ1) is 13.7. The van der Waals surface area contributed by atoms with Crippen LogP contribution in [0.15, 0.2) is 46.2 Å². The molecule has 1 saturated carbocycles. The number of benzene rings is 2. The topological polar surface area (TPSA) is 120 Å². The van der Waals surface area contributed by atoms with Gasteiger partial charge in [0, 0.05) is 24.2 Å². The van der Waals surface area contributed by atoms with Crippen LogP contribution in [0.4, 0.5) is 5.69 Å². The van der Waals surface area contributed by atoms with Crippen LogP contribution in [0.3, 0.4) is 0 Å². The lowest BCUT2D eigenvalue weighted by atomic mass is 10.3. The van der Waals surface area contributed by atoms with Gasteiger partial charge in [0.15, 0.2) is 0 Å². The number of sulfonamides is 2. The Morgan fingerprint density at radius 1 is 0.793 bits per heavy atom. The van der Waals surface area contributed by atoms with Crippen LogP contribution in [0.5, 0.6) is 17.2 Å². The molecule has 1 fully saturated rings. The fraction of sp³-hybridized carbons (Fsp3) is 0.333. The lowest BCUT2D eigenvalue weighted by Crippen LogP contribution is -2.26. The summed E-state index contributed by atoms with van der Waals surface area (Å²) in [5.41, 5.74) is -0.00652. The summed E-state index contributed by atoms with van der Waals surface area (Å²) in [5, 5.41) is 0. The quantitative estimate of drug-likeness (QED) is 0.609. The van der Waals surface area contributed by atoms with E-state index in [0.29, 0.717) is 11.5 Å². The van der Waals surface area contributed by atoms with Crippen molar-refractivity contribution < 1.29 is 31.0 Å². The molecule has 29 heavy (non-hydrogen) atoms. The summed E-state index contributed by atoms with van der Waals surface area (Å²) < 4.78 is 71.1. The van der Waals surface area contributed by atoms with Crippen molar-refractivity contribution in [2.45, 2.75) is 28.7 Å². The third-order valence-electron chi connectivity index (χ3n) is 4.26. The standard InChI is InChI=1S/C18H22N2O7S2/c1-25-13-8-14(26-2)10-16(9-13)29(23,24)20-17-11-15(6-7-18(17)27-3)28(21,22)19-12-4-5-12/h6-12,19-20H,4-5H2,1-3H3. The van der Waals surface area contributed by atoms with Gasteiger partial charge in [0.25, 0.3) is 10.0 Å². The van der Waals surface area contributed by atoms with E-state index < -0.39 is 20.0 Å². The van der Waals surface area contributed by atoms with E-state index in [1.54, 1.807) is 0 Å². The van der Waals surface area contributed by atoms with E-state index >= 15 is 0 Å². The van der Waals surface area contributed by atoms with Crippen molar-refractivity contribution in [2.75, 3.05) is 26.1 Å². The van der Waals surface area contributed by atoms with Gasteiger partial charge in [-0.3, -0.25) is 4.72 Å². The van der Waals surface area contributed by atoms with E-state index in [4.69, 9.17) is 14.2 Å². The molecule has 1 aliphatic rings. The molecule has 0 aliphatic heterocycles. The number of ether oxygens (including phenoxy) is 3. The molecule has 0 bridgehead atoms. The van der Waals surface area contributed by atoms with Gasteiger partial charge in [0.2, 0.25) is 10.0 Å². The van der Waals surface area contributed by atoms with Gasteiger partial charge in [-0.15, -0.1) is 0 Å². The van der Waals surface area contributed by atoms with Crippen molar-refractivity contribution in [3.8, 4) is 17.2 Å². The van der Waals surface area contributed by atoms with Crippen molar-refractivity contribution in [1.82, 2.24) is 4.72 Å². The molecule has 158 valence electrons. The number of anilines is 1. The molecule has 0 atom stereocenters. The minimum Gasteiger partial charge on any atom is -0.497 e. The molecule has 11 heteroatoms. The molecule has 0 spiro atoms. The average Bonchev–Trinajstić information content (AvgIpc) is 3.50. The van der Waals surface area contributed by atoms with Crippen LogP contribution < -0.4 is 23.7 Å². The van der Waals surface area contributed by atoms with Crippen LogP contribution in [-0.4, -0.2) is 44.2 Å². The van der Waals surface area contributed by atoms with Crippen molar-refractivity contribution in [1.29, 1.82) is 0 Å². The van der Waals surface area contributed by atoms with E-state index in [0.717, 1.165) is 12.8 Å². The van der Waals surface area contributed by atoms with Gasteiger partial charge >= 0.3 is 0 Å². The Morgan fingerprint density at radius 2 is 1.41 bits per heavy atom. The maximum atomic E-state index is 12.9. The van der Waals surface area contributed by atoms with Crippen molar-refractivity contribution in [3.63, 3.8) is 0 Å². The zero-order valence-electron chi connectivity index (χ0n) is 16.1. The van der Waals surface area contributed by atoms with Crippen molar-refractivity contribution in [2.24, 2.45) is 0 Å². The lowest BCUT2D eigenvalue weighted by Gasteiger charge is -2.15. The molecule has 1 aliphatic carbocycles.